The minimum absolute atomic E-state index is 0.0495. The number of nitrogens with zero attached hydrogens (tertiary/aromatic N) is 1. The van der Waals surface area contributed by atoms with Crippen LogP contribution in [0.5, 0.6) is 0 Å². The molecule has 0 saturated carbocycles. The van der Waals surface area contributed by atoms with E-state index < -0.39 is 28.8 Å². The molecular formula is C10H5ClF3NO2. The summed E-state index contributed by atoms with van der Waals surface area (Å²) in [6, 6.07) is 3.25. The van der Waals surface area contributed by atoms with Crippen molar-refractivity contribution in [2.24, 2.45) is 0 Å². The number of benzene rings is 1. The quantitative estimate of drug-likeness (QED) is 0.834. The first-order chi connectivity index (χ1) is 7.82. The maximum Gasteiger partial charge on any atom is 0.418 e. The molecule has 7 heteroatoms. The fourth-order valence-electron chi connectivity index (χ4n) is 1.36. The zero-order valence-electron chi connectivity index (χ0n) is 8.18. The molecule has 0 unspecified atom stereocenters. The highest BCUT2D eigenvalue weighted by Gasteiger charge is 2.39. The Morgan fingerprint density at radius 3 is 2.41 bits per heavy atom. The molecule has 0 amide bonds. The van der Waals surface area contributed by atoms with Crippen LogP contribution in [-0.2, 0) is 12.1 Å². The van der Waals surface area contributed by atoms with Crippen LogP contribution in [0.4, 0.5) is 13.2 Å². The Labute approximate surface area is 99.0 Å². The van der Waals surface area contributed by atoms with E-state index >= 15 is 0 Å². The van der Waals surface area contributed by atoms with Crippen LogP contribution in [0, 0.1) is 11.3 Å². The molecule has 0 spiro atoms. The number of rotatable bonds is 2. The topological polar surface area (TPSA) is 61.1 Å². The van der Waals surface area contributed by atoms with E-state index in [1.165, 1.54) is 6.07 Å². The molecule has 17 heavy (non-hydrogen) atoms. The molecule has 0 radical (unpaired) electrons. The molecule has 1 N–H and O–H groups in total. The van der Waals surface area contributed by atoms with E-state index in [1.54, 1.807) is 0 Å². The lowest BCUT2D eigenvalue weighted by molar-refractivity contribution is -0.138. The second-order valence-electron chi connectivity index (χ2n) is 3.07. The van der Waals surface area contributed by atoms with Crippen molar-refractivity contribution in [1.82, 2.24) is 0 Å². The van der Waals surface area contributed by atoms with Crippen LogP contribution in [0.1, 0.15) is 27.0 Å². The standard InChI is InChI=1S/C10H5ClF3NO2/c11-3-5-1-2-6(9(16)17)8(7(5)4-15)10(12,13)14/h1-2H,3H2,(H,16,17). The SMILES string of the molecule is N#Cc1c(CCl)ccc(C(=O)O)c1C(F)(F)F. The maximum atomic E-state index is 12.7. The van der Waals surface area contributed by atoms with Crippen molar-refractivity contribution in [3.05, 3.63) is 34.4 Å². The summed E-state index contributed by atoms with van der Waals surface area (Å²) < 4.78 is 38.1. The average Bonchev–Trinajstić information content (AvgIpc) is 2.25. The van der Waals surface area contributed by atoms with Crippen LogP contribution < -0.4 is 0 Å². The van der Waals surface area contributed by atoms with Gasteiger partial charge in [-0.05, 0) is 11.6 Å². The summed E-state index contributed by atoms with van der Waals surface area (Å²) in [5, 5.41) is 17.4. The van der Waals surface area contributed by atoms with Gasteiger partial charge in [-0.15, -0.1) is 11.6 Å². The second-order valence-corrected chi connectivity index (χ2v) is 3.34. The molecule has 0 atom stereocenters. The first-order valence-corrected chi connectivity index (χ1v) is 4.78. The van der Waals surface area contributed by atoms with Crippen molar-refractivity contribution in [3.8, 4) is 6.07 Å². The second kappa shape index (κ2) is 4.63. The van der Waals surface area contributed by atoms with Gasteiger partial charge in [-0.1, -0.05) is 6.07 Å². The van der Waals surface area contributed by atoms with Crippen molar-refractivity contribution >= 4 is 17.6 Å². The third-order valence-electron chi connectivity index (χ3n) is 2.06. The average molecular weight is 264 g/mol. The third kappa shape index (κ3) is 2.50. The molecule has 1 aromatic rings. The molecule has 0 aliphatic carbocycles. The van der Waals surface area contributed by atoms with Gasteiger partial charge in [0.1, 0.15) is 6.07 Å². The zero-order chi connectivity index (χ0) is 13.2. The number of carboxylic acid groups (broad SMARTS) is 1. The Morgan fingerprint density at radius 2 is 2.06 bits per heavy atom. The van der Waals surface area contributed by atoms with Crippen LogP contribution in [0.2, 0.25) is 0 Å². The third-order valence-corrected chi connectivity index (χ3v) is 2.35. The number of carbonyl (C=O) groups is 1. The van der Waals surface area contributed by atoms with E-state index in [0.29, 0.717) is 0 Å². The van der Waals surface area contributed by atoms with Gasteiger partial charge in [0.15, 0.2) is 0 Å². The summed E-state index contributed by atoms with van der Waals surface area (Å²) in [6.07, 6.45) is -4.92. The minimum Gasteiger partial charge on any atom is -0.478 e. The molecule has 0 aliphatic rings. The molecule has 0 fully saturated rings. The molecule has 0 aliphatic heterocycles. The van der Waals surface area contributed by atoms with Crippen LogP contribution >= 0.6 is 11.6 Å². The normalized spacial score (nSPS) is 11.0. The zero-order valence-corrected chi connectivity index (χ0v) is 8.93. The molecule has 0 heterocycles. The Bertz CT molecular complexity index is 505. The van der Waals surface area contributed by atoms with Gasteiger partial charge in [0.25, 0.3) is 0 Å². The van der Waals surface area contributed by atoms with Crippen LogP contribution in [0.25, 0.3) is 0 Å². The summed E-state index contributed by atoms with van der Waals surface area (Å²) in [7, 11) is 0. The number of hydrogen-bond donors (Lipinski definition) is 1. The van der Waals surface area contributed by atoms with Gasteiger partial charge in [-0.2, -0.15) is 18.4 Å². The predicted molar refractivity (Wildman–Crippen MR) is 52.7 cm³/mol. The van der Waals surface area contributed by atoms with Crippen LogP contribution in [0.15, 0.2) is 12.1 Å². The van der Waals surface area contributed by atoms with Gasteiger partial charge in [0.05, 0.1) is 16.7 Å². The molecule has 90 valence electrons. The lowest BCUT2D eigenvalue weighted by atomic mass is 9.97. The van der Waals surface area contributed by atoms with Crippen molar-refractivity contribution in [3.63, 3.8) is 0 Å². The molecule has 0 saturated heterocycles. The smallest absolute Gasteiger partial charge is 0.418 e. The van der Waals surface area contributed by atoms with E-state index in [0.717, 1.165) is 12.1 Å². The molecular weight excluding hydrogens is 259 g/mol. The summed E-state index contributed by atoms with van der Waals surface area (Å²) >= 11 is 5.40. The highest BCUT2D eigenvalue weighted by molar-refractivity contribution is 6.17. The van der Waals surface area contributed by atoms with Crippen molar-refractivity contribution in [2.75, 3.05) is 0 Å². The first-order valence-electron chi connectivity index (χ1n) is 4.25. The lowest BCUT2D eigenvalue weighted by Crippen LogP contribution is -2.16. The summed E-state index contributed by atoms with van der Waals surface area (Å²) in [5.41, 5.74) is -3.20. The number of nitriles is 1. The first kappa shape index (κ1) is 13.3. The fourth-order valence-corrected chi connectivity index (χ4v) is 1.58. The summed E-state index contributed by atoms with van der Waals surface area (Å²) in [5.74, 6) is -2.04. The Balaban J connectivity index is 3.70. The lowest BCUT2D eigenvalue weighted by Gasteiger charge is -2.14. The monoisotopic (exact) mass is 263 g/mol. The van der Waals surface area contributed by atoms with E-state index in [4.69, 9.17) is 22.0 Å². The molecule has 1 rings (SSSR count). The van der Waals surface area contributed by atoms with Crippen molar-refractivity contribution in [2.45, 2.75) is 12.1 Å². The Morgan fingerprint density at radius 1 is 1.47 bits per heavy atom. The Hall–Kier alpha value is -1.74. The molecule has 0 bridgehead atoms. The van der Waals surface area contributed by atoms with E-state index in [2.05, 4.69) is 0 Å². The largest absolute Gasteiger partial charge is 0.478 e. The van der Waals surface area contributed by atoms with Crippen LogP contribution in [-0.4, -0.2) is 11.1 Å². The van der Waals surface area contributed by atoms with Gasteiger partial charge >= 0.3 is 12.1 Å². The molecule has 1 aromatic carbocycles. The fraction of sp³-hybridized carbons (Fsp3) is 0.200. The van der Waals surface area contributed by atoms with Crippen molar-refractivity contribution in [1.29, 1.82) is 5.26 Å². The summed E-state index contributed by atoms with van der Waals surface area (Å²) in [6.45, 7) is 0. The number of hydrogen-bond acceptors (Lipinski definition) is 2. The highest BCUT2D eigenvalue weighted by Crippen LogP contribution is 2.36. The number of carboxylic acids is 1. The molecule has 0 aromatic heterocycles. The van der Waals surface area contributed by atoms with E-state index in [1.807, 2.05) is 0 Å². The van der Waals surface area contributed by atoms with Crippen molar-refractivity contribution < 1.29 is 23.1 Å². The van der Waals surface area contributed by atoms with E-state index in [-0.39, 0.29) is 11.4 Å². The highest BCUT2D eigenvalue weighted by atomic mass is 35.5. The predicted octanol–water partition coefficient (Wildman–Crippen LogP) is 3.01. The van der Waals surface area contributed by atoms with E-state index in [9.17, 15) is 18.0 Å². The number of aromatic carboxylic acids is 1. The maximum absolute atomic E-state index is 12.7. The Kier molecular flexibility index (Phi) is 3.63. The van der Waals surface area contributed by atoms with Crippen LogP contribution in [0.3, 0.4) is 0 Å². The summed E-state index contributed by atoms with van der Waals surface area (Å²) in [4.78, 5) is 10.7. The number of alkyl halides is 4. The minimum atomic E-state index is -4.92. The number of halogens is 4. The van der Waals surface area contributed by atoms with Gasteiger partial charge in [-0.3, -0.25) is 0 Å². The molecule has 3 nitrogen and oxygen atoms in total. The van der Waals surface area contributed by atoms with Gasteiger partial charge in [0, 0.05) is 5.88 Å². The van der Waals surface area contributed by atoms with Gasteiger partial charge in [-0.25, -0.2) is 4.79 Å². The van der Waals surface area contributed by atoms with Gasteiger partial charge < -0.3 is 5.11 Å². The van der Waals surface area contributed by atoms with Gasteiger partial charge in [0.2, 0.25) is 0 Å².